The lowest BCUT2D eigenvalue weighted by molar-refractivity contribution is -0.384. The molecule has 0 saturated heterocycles. The molecule has 1 unspecified atom stereocenters. The molecule has 152 valence electrons. The number of anilines is 1. The molecule has 0 aromatic heterocycles. The van der Waals surface area contributed by atoms with E-state index in [1.54, 1.807) is 0 Å². The number of thioether (sulfide) groups is 1. The summed E-state index contributed by atoms with van der Waals surface area (Å²) in [5, 5.41) is 26.1. The number of nitrogens with zero attached hydrogens (tertiary/aromatic N) is 2. The minimum atomic E-state index is -0.520. The number of amides is 2. The fraction of sp³-hybridized carbons (Fsp3) is 0.190. The Bertz CT molecular complexity index is 1070. The third-order valence-electron chi connectivity index (χ3n) is 4.63. The molecule has 1 heterocycles. The van der Waals surface area contributed by atoms with Crippen molar-refractivity contribution in [2.45, 2.75) is 19.3 Å². The predicted molar refractivity (Wildman–Crippen MR) is 114 cm³/mol. The van der Waals surface area contributed by atoms with Gasteiger partial charge in [0.1, 0.15) is 0 Å². The third-order valence-corrected chi connectivity index (χ3v) is 5.65. The number of nitro benzene ring substituents is 1. The zero-order valence-corrected chi connectivity index (χ0v) is 16.9. The van der Waals surface area contributed by atoms with E-state index in [9.17, 15) is 25.0 Å². The lowest BCUT2D eigenvalue weighted by Crippen LogP contribution is -2.31. The highest BCUT2D eigenvalue weighted by atomic mass is 32.2. The second kappa shape index (κ2) is 9.24. The van der Waals surface area contributed by atoms with Crippen LogP contribution in [0.3, 0.4) is 0 Å². The molecule has 2 aromatic rings. The number of hydrogen-bond acceptors (Lipinski definition) is 6. The molecule has 0 saturated carbocycles. The first-order chi connectivity index (χ1) is 14.4. The van der Waals surface area contributed by atoms with Crippen LogP contribution in [0.1, 0.15) is 23.5 Å². The summed E-state index contributed by atoms with van der Waals surface area (Å²) in [7, 11) is 0. The van der Waals surface area contributed by atoms with Crippen LogP contribution >= 0.6 is 11.8 Å². The van der Waals surface area contributed by atoms with Crippen molar-refractivity contribution in [3.8, 4) is 6.07 Å². The highest BCUT2D eigenvalue weighted by Crippen LogP contribution is 2.37. The SMILES string of the molecule is Cc1ccccc1C1CC(=O)NC(SCC(=O)Nc2ccc([N+](=O)[O-])cc2)=C1C#N. The van der Waals surface area contributed by atoms with Crippen LogP contribution in [0.25, 0.3) is 0 Å². The van der Waals surface area contributed by atoms with Gasteiger partial charge in [-0.2, -0.15) is 5.26 Å². The van der Waals surface area contributed by atoms with Gasteiger partial charge in [-0.3, -0.25) is 19.7 Å². The van der Waals surface area contributed by atoms with Gasteiger partial charge in [-0.15, -0.1) is 0 Å². The Kier molecular flexibility index (Phi) is 6.49. The van der Waals surface area contributed by atoms with E-state index in [4.69, 9.17) is 0 Å². The second-order valence-corrected chi connectivity index (χ2v) is 7.64. The van der Waals surface area contributed by atoms with Crippen molar-refractivity contribution < 1.29 is 14.5 Å². The van der Waals surface area contributed by atoms with E-state index in [0.29, 0.717) is 16.3 Å². The fourth-order valence-corrected chi connectivity index (χ4v) is 4.05. The molecule has 30 heavy (non-hydrogen) atoms. The Morgan fingerprint density at radius 3 is 2.63 bits per heavy atom. The van der Waals surface area contributed by atoms with E-state index >= 15 is 0 Å². The molecular formula is C21H18N4O4S. The standard InChI is InChI=1S/C21H18N4O4S/c1-13-4-2-3-5-16(13)17-10-19(26)24-21(18(17)11-22)30-12-20(27)23-14-6-8-15(9-7-14)25(28)29/h2-9,17H,10,12H2,1H3,(H,23,27)(H,24,26). The molecule has 0 radical (unpaired) electrons. The Morgan fingerprint density at radius 2 is 2.00 bits per heavy atom. The number of nitro groups is 1. The summed E-state index contributed by atoms with van der Waals surface area (Å²) in [5.41, 5.74) is 2.68. The highest BCUT2D eigenvalue weighted by molar-refractivity contribution is 8.03. The van der Waals surface area contributed by atoms with E-state index in [1.165, 1.54) is 24.3 Å². The van der Waals surface area contributed by atoms with Crippen LogP contribution in [0.4, 0.5) is 11.4 Å². The van der Waals surface area contributed by atoms with E-state index < -0.39 is 4.92 Å². The van der Waals surface area contributed by atoms with Gasteiger partial charge in [0, 0.05) is 30.2 Å². The van der Waals surface area contributed by atoms with E-state index in [0.717, 1.165) is 22.9 Å². The summed E-state index contributed by atoms with van der Waals surface area (Å²) in [4.78, 5) is 34.7. The van der Waals surface area contributed by atoms with Crippen molar-refractivity contribution in [1.82, 2.24) is 5.32 Å². The summed E-state index contributed by atoms with van der Waals surface area (Å²) >= 11 is 1.08. The Labute approximate surface area is 177 Å². The average molecular weight is 422 g/mol. The van der Waals surface area contributed by atoms with Crippen LogP contribution in [0.5, 0.6) is 0 Å². The third kappa shape index (κ3) is 4.85. The summed E-state index contributed by atoms with van der Waals surface area (Å²) in [6.45, 7) is 1.93. The molecule has 1 atom stereocenters. The summed E-state index contributed by atoms with van der Waals surface area (Å²) in [6.07, 6.45) is 0.173. The maximum atomic E-state index is 12.3. The van der Waals surface area contributed by atoms with Crippen LogP contribution < -0.4 is 10.6 Å². The maximum Gasteiger partial charge on any atom is 0.269 e. The van der Waals surface area contributed by atoms with Crippen molar-refractivity contribution in [1.29, 1.82) is 5.26 Å². The van der Waals surface area contributed by atoms with Crippen molar-refractivity contribution in [2.24, 2.45) is 0 Å². The Balaban J connectivity index is 1.73. The molecule has 8 nitrogen and oxygen atoms in total. The quantitative estimate of drug-likeness (QED) is 0.541. The van der Waals surface area contributed by atoms with Gasteiger partial charge in [0.05, 0.1) is 27.3 Å². The normalized spacial score (nSPS) is 15.9. The maximum absolute atomic E-state index is 12.3. The van der Waals surface area contributed by atoms with Crippen LogP contribution in [-0.4, -0.2) is 22.5 Å². The fourth-order valence-electron chi connectivity index (χ4n) is 3.18. The minimum absolute atomic E-state index is 0.0295. The lowest BCUT2D eigenvalue weighted by Gasteiger charge is -2.26. The van der Waals surface area contributed by atoms with E-state index in [1.807, 2.05) is 31.2 Å². The molecular weight excluding hydrogens is 404 g/mol. The van der Waals surface area contributed by atoms with Crippen LogP contribution in [0.2, 0.25) is 0 Å². The van der Waals surface area contributed by atoms with Gasteiger partial charge in [-0.25, -0.2) is 0 Å². The Morgan fingerprint density at radius 1 is 1.30 bits per heavy atom. The van der Waals surface area contributed by atoms with Gasteiger partial charge < -0.3 is 10.6 Å². The molecule has 2 amide bonds. The summed E-state index contributed by atoms with van der Waals surface area (Å²) in [5.74, 6) is -0.949. The molecule has 0 fully saturated rings. The average Bonchev–Trinajstić information content (AvgIpc) is 2.72. The number of aryl methyl sites for hydroxylation is 1. The monoisotopic (exact) mass is 422 g/mol. The largest absolute Gasteiger partial charge is 0.325 e. The lowest BCUT2D eigenvalue weighted by atomic mass is 9.85. The topological polar surface area (TPSA) is 125 Å². The molecule has 1 aliphatic rings. The number of non-ortho nitro benzene ring substituents is 1. The van der Waals surface area contributed by atoms with Gasteiger partial charge in [-0.05, 0) is 30.2 Å². The number of nitrogens with one attached hydrogen (secondary N) is 2. The molecule has 2 aromatic carbocycles. The van der Waals surface area contributed by atoms with Crippen molar-refractivity contribution in [3.63, 3.8) is 0 Å². The van der Waals surface area contributed by atoms with E-state index in [-0.39, 0.29) is 35.6 Å². The molecule has 9 heteroatoms. The van der Waals surface area contributed by atoms with Crippen LogP contribution in [0.15, 0.2) is 59.1 Å². The number of benzene rings is 2. The van der Waals surface area contributed by atoms with Gasteiger partial charge in [0.25, 0.3) is 5.69 Å². The predicted octanol–water partition coefficient (Wildman–Crippen LogP) is 3.61. The number of rotatable bonds is 6. The van der Waals surface area contributed by atoms with Crippen LogP contribution in [-0.2, 0) is 9.59 Å². The minimum Gasteiger partial charge on any atom is -0.325 e. The smallest absolute Gasteiger partial charge is 0.269 e. The van der Waals surface area contributed by atoms with Gasteiger partial charge in [-0.1, -0.05) is 36.0 Å². The molecule has 2 N–H and O–H groups in total. The first-order valence-electron chi connectivity index (χ1n) is 9.05. The van der Waals surface area contributed by atoms with Crippen molar-refractivity contribution in [3.05, 3.63) is 80.4 Å². The highest BCUT2D eigenvalue weighted by Gasteiger charge is 2.30. The van der Waals surface area contributed by atoms with Gasteiger partial charge in [0.15, 0.2) is 0 Å². The number of allylic oxidation sites excluding steroid dienone is 1. The molecule has 0 aliphatic carbocycles. The number of nitriles is 1. The molecule has 0 bridgehead atoms. The number of carbonyl (C=O) groups excluding carboxylic acids is 2. The van der Waals surface area contributed by atoms with Crippen molar-refractivity contribution >= 4 is 35.0 Å². The van der Waals surface area contributed by atoms with Crippen molar-refractivity contribution in [2.75, 3.05) is 11.1 Å². The zero-order valence-electron chi connectivity index (χ0n) is 16.0. The first-order valence-corrected chi connectivity index (χ1v) is 10.0. The second-order valence-electron chi connectivity index (χ2n) is 6.66. The Hall–Kier alpha value is -3.64. The first kappa shape index (κ1) is 21.1. The zero-order chi connectivity index (χ0) is 21.7. The molecule has 3 rings (SSSR count). The number of hydrogen-bond donors (Lipinski definition) is 2. The summed E-state index contributed by atoms with van der Waals surface area (Å²) < 4.78 is 0. The molecule has 0 spiro atoms. The number of carbonyl (C=O) groups is 2. The van der Waals surface area contributed by atoms with Gasteiger partial charge in [0.2, 0.25) is 11.8 Å². The van der Waals surface area contributed by atoms with Crippen LogP contribution in [0, 0.1) is 28.4 Å². The van der Waals surface area contributed by atoms with Gasteiger partial charge >= 0.3 is 0 Å². The summed E-state index contributed by atoms with van der Waals surface area (Å²) in [6, 6.07) is 15.3. The van der Waals surface area contributed by atoms with E-state index in [2.05, 4.69) is 16.7 Å². The molecule has 1 aliphatic heterocycles.